The molecule has 6 heteroatoms. The summed E-state index contributed by atoms with van der Waals surface area (Å²) in [6.45, 7) is 0.376. The number of aromatic nitrogens is 2. The van der Waals surface area contributed by atoms with Crippen LogP contribution < -0.4 is 0 Å². The van der Waals surface area contributed by atoms with Crippen LogP contribution in [0, 0.1) is 17.8 Å². The molecule has 0 unspecified atom stereocenters. The van der Waals surface area contributed by atoms with Gasteiger partial charge in [0.2, 0.25) is 11.8 Å². The van der Waals surface area contributed by atoms with E-state index in [1.54, 1.807) is 24.3 Å². The van der Waals surface area contributed by atoms with Gasteiger partial charge in [-0.3, -0.25) is 14.5 Å². The molecular weight excluding hydrogens is 366 g/mol. The van der Waals surface area contributed by atoms with Crippen LogP contribution in [-0.4, -0.2) is 33.5 Å². The van der Waals surface area contributed by atoms with E-state index in [9.17, 15) is 9.59 Å². The molecule has 2 amide bonds. The minimum Gasteiger partial charge on any atom is -0.425 e. The van der Waals surface area contributed by atoms with Crippen molar-refractivity contribution in [3.63, 3.8) is 0 Å². The Morgan fingerprint density at radius 3 is 2.10 bits per heavy atom. The number of amides is 2. The zero-order valence-electron chi connectivity index (χ0n) is 16.5. The highest BCUT2D eigenvalue weighted by molar-refractivity contribution is 6.21. The molecule has 6 nitrogen and oxygen atoms in total. The average Bonchev–Trinajstić information content (AvgIpc) is 3.27. The minimum atomic E-state index is -0.203. The van der Waals surface area contributed by atoms with Gasteiger partial charge in [-0.05, 0) is 74.8 Å². The molecule has 5 aliphatic rings. The molecule has 150 valence electrons. The Labute approximate surface area is 169 Å². The first-order valence-electron chi connectivity index (χ1n) is 10.9. The van der Waals surface area contributed by atoms with E-state index in [0.717, 1.165) is 23.6 Å². The van der Waals surface area contributed by atoms with Crippen LogP contribution in [-0.2, 0) is 11.8 Å². The highest BCUT2D eigenvalue weighted by atomic mass is 16.4. The van der Waals surface area contributed by atoms with Gasteiger partial charge in [0, 0.05) is 18.4 Å². The Kier molecular flexibility index (Phi) is 3.74. The third kappa shape index (κ3) is 2.68. The van der Waals surface area contributed by atoms with Gasteiger partial charge in [0.1, 0.15) is 0 Å². The summed E-state index contributed by atoms with van der Waals surface area (Å²) in [4.78, 5) is 26.3. The fraction of sp³-hybridized carbons (Fsp3) is 0.565. The van der Waals surface area contributed by atoms with Gasteiger partial charge in [0.15, 0.2) is 0 Å². The summed E-state index contributed by atoms with van der Waals surface area (Å²) in [6.07, 6.45) is 9.00. The smallest absolute Gasteiger partial charge is 0.261 e. The van der Waals surface area contributed by atoms with Crippen molar-refractivity contribution in [3.8, 4) is 0 Å². The molecule has 0 saturated heterocycles. The lowest BCUT2D eigenvalue weighted by Gasteiger charge is -2.55. The fourth-order valence-electron chi connectivity index (χ4n) is 6.77. The van der Waals surface area contributed by atoms with Crippen molar-refractivity contribution in [3.05, 3.63) is 47.2 Å². The molecule has 2 aromatic rings. The Balaban J connectivity index is 1.12. The highest BCUT2D eigenvalue weighted by Gasteiger charge is 2.54. The van der Waals surface area contributed by atoms with Crippen LogP contribution in [0.1, 0.15) is 77.4 Å². The molecule has 0 atom stereocenters. The first kappa shape index (κ1) is 17.4. The van der Waals surface area contributed by atoms with Crippen LogP contribution in [0.5, 0.6) is 0 Å². The highest BCUT2D eigenvalue weighted by Crippen LogP contribution is 2.60. The summed E-state index contributed by atoms with van der Waals surface area (Å²) < 4.78 is 6.14. The summed E-state index contributed by atoms with van der Waals surface area (Å²) in [5, 5.41) is 8.76. The zero-order valence-corrected chi connectivity index (χ0v) is 16.5. The number of hydrogen-bond acceptors (Lipinski definition) is 5. The van der Waals surface area contributed by atoms with E-state index in [-0.39, 0.29) is 17.2 Å². The molecule has 0 radical (unpaired) electrons. The maximum Gasteiger partial charge on any atom is 0.261 e. The second-order valence-corrected chi connectivity index (χ2v) is 9.61. The van der Waals surface area contributed by atoms with E-state index in [2.05, 4.69) is 10.2 Å². The summed E-state index contributed by atoms with van der Waals surface area (Å²) in [5.41, 5.74) is 1.11. The van der Waals surface area contributed by atoms with Crippen LogP contribution in [0.15, 0.2) is 28.7 Å². The molecule has 7 rings (SSSR count). The van der Waals surface area contributed by atoms with Crippen LogP contribution in [0.3, 0.4) is 0 Å². The number of nitrogens with zero attached hydrogens (tertiary/aromatic N) is 3. The quantitative estimate of drug-likeness (QED) is 0.725. The molecule has 2 heterocycles. The van der Waals surface area contributed by atoms with Gasteiger partial charge in [-0.2, -0.15) is 0 Å². The van der Waals surface area contributed by atoms with Gasteiger partial charge in [-0.15, -0.1) is 10.2 Å². The molecule has 1 aromatic carbocycles. The summed E-state index contributed by atoms with van der Waals surface area (Å²) >= 11 is 0. The molecule has 4 saturated carbocycles. The number of rotatable bonds is 5. The summed E-state index contributed by atoms with van der Waals surface area (Å²) in [5.74, 6) is 3.58. The minimum absolute atomic E-state index is 0.114. The molecule has 4 aliphatic carbocycles. The Morgan fingerprint density at radius 2 is 1.52 bits per heavy atom. The molecule has 0 spiro atoms. The van der Waals surface area contributed by atoms with Crippen LogP contribution in [0.25, 0.3) is 0 Å². The van der Waals surface area contributed by atoms with E-state index < -0.39 is 0 Å². The molecule has 1 aliphatic heterocycles. The normalized spacial score (nSPS) is 32.3. The Bertz CT molecular complexity index is 924. The van der Waals surface area contributed by atoms with Gasteiger partial charge in [-0.25, -0.2) is 0 Å². The van der Waals surface area contributed by atoms with E-state index in [1.165, 1.54) is 43.4 Å². The molecular formula is C23H25N3O3. The predicted octanol–water partition coefficient (Wildman–Crippen LogP) is 3.77. The fourth-order valence-corrected chi connectivity index (χ4v) is 6.77. The molecule has 4 fully saturated rings. The molecule has 0 N–H and O–H groups in total. The van der Waals surface area contributed by atoms with Crippen molar-refractivity contribution in [2.75, 3.05) is 6.54 Å². The second kappa shape index (κ2) is 6.25. The Morgan fingerprint density at radius 1 is 0.931 bits per heavy atom. The lowest BCUT2D eigenvalue weighted by Crippen LogP contribution is -2.48. The van der Waals surface area contributed by atoms with Crippen molar-refractivity contribution >= 4 is 11.8 Å². The number of imide groups is 1. The molecule has 29 heavy (non-hydrogen) atoms. The van der Waals surface area contributed by atoms with Gasteiger partial charge < -0.3 is 4.42 Å². The van der Waals surface area contributed by atoms with Crippen LogP contribution >= 0.6 is 0 Å². The van der Waals surface area contributed by atoms with E-state index in [4.69, 9.17) is 4.42 Å². The number of aryl methyl sites for hydroxylation is 1. The lowest BCUT2D eigenvalue weighted by molar-refractivity contribution is -0.0182. The van der Waals surface area contributed by atoms with Crippen molar-refractivity contribution in [2.45, 2.75) is 56.8 Å². The van der Waals surface area contributed by atoms with Crippen LogP contribution in [0.4, 0.5) is 0 Å². The van der Waals surface area contributed by atoms with E-state index >= 15 is 0 Å². The first-order chi connectivity index (χ1) is 14.1. The monoisotopic (exact) mass is 391 g/mol. The maximum atomic E-state index is 12.5. The lowest BCUT2D eigenvalue weighted by atomic mass is 9.49. The third-order valence-electron chi connectivity index (χ3n) is 7.61. The largest absolute Gasteiger partial charge is 0.425 e. The van der Waals surface area contributed by atoms with Crippen molar-refractivity contribution in [2.24, 2.45) is 17.8 Å². The SMILES string of the molecule is O=C1c2ccccc2C(=O)N1CCCc1nnc(C23CC4CC(CC(C4)C2)C3)o1. The van der Waals surface area contributed by atoms with Gasteiger partial charge in [0.05, 0.1) is 11.1 Å². The predicted molar refractivity (Wildman–Crippen MR) is 104 cm³/mol. The summed E-state index contributed by atoms with van der Waals surface area (Å²) in [6, 6.07) is 7.01. The van der Waals surface area contributed by atoms with E-state index in [1.807, 2.05) is 0 Å². The third-order valence-corrected chi connectivity index (χ3v) is 7.61. The van der Waals surface area contributed by atoms with Crippen LogP contribution in [0.2, 0.25) is 0 Å². The topological polar surface area (TPSA) is 76.3 Å². The van der Waals surface area contributed by atoms with Crippen molar-refractivity contribution < 1.29 is 14.0 Å². The van der Waals surface area contributed by atoms with E-state index in [0.29, 0.717) is 36.4 Å². The average molecular weight is 391 g/mol. The maximum absolute atomic E-state index is 12.5. The molecule has 4 bridgehead atoms. The number of carbonyl (C=O) groups excluding carboxylic acids is 2. The Hall–Kier alpha value is -2.50. The number of benzene rings is 1. The summed E-state index contributed by atoms with van der Waals surface area (Å²) in [7, 11) is 0. The second-order valence-electron chi connectivity index (χ2n) is 9.61. The first-order valence-corrected chi connectivity index (χ1v) is 10.9. The van der Waals surface area contributed by atoms with Crippen molar-refractivity contribution in [1.29, 1.82) is 0 Å². The van der Waals surface area contributed by atoms with Gasteiger partial charge >= 0.3 is 0 Å². The van der Waals surface area contributed by atoms with Gasteiger partial charge in [0.25, 0.3) is 11.8 Å². The zero-order chi connectivity index (χ0) is 19.6. The molecule has 1 aromatic heterocycles. The number of carbonyl (C=O) groups is 2. The van der Waals surface area contributed by atoms with Crippen molar-refractivity contribution in [1.82, 2.24) is 15.1 Å². The number of fused-ring (bicyclic) bond motifs is 1. The van der Waals surface area contributed by atoms with Gasteiger partial charge in [-0.1, -0.05) is 12.1 Å². The number of hydrogen-bond donors (Lipinski definition) is 0. The standard InChI is InChI=1S/C23H25N3O3/c27-20-17-4-1-2-5-18(17)21(28)26(20)7-3-6-19-24-25-22(29-19)23-11-14-8-15(12-23)10-16(9-14)13-23/h1-2,4-5,14-16H,3,6-13H2.